The summed E-state index contributed by atoms with van der Waals surface area (Å²) in [5.41, 5.74) is 1.21. The van der Waals surface area contributed by atoms with Crippen molar-refractivity contribution < 1.29 is 4.79 Å². The van der Waals surface area contributed by atoms with Crippen LogP contribution in [0.4, 0.5) is 0 Å². The molecule has 1 heterocycles. The van der Waals surface area contributed by atoms with Crippen LogP contribution in [-0.2, 0) is 11.3 Å². The molecule has 1 atom stereocenters. The van der Waals surface area contributed by atoms with Crippen LogP contribution in [-0.4, -0.2) is 16.8 Å². The van der Waals surface area contributed by atoms with Crippen LogP contribution in [0.1, 0.15) is 24.8 Å². The van der Waals surface area contributed by atoms with Crippen LogP contribution in [0, 0.1) is 0 Å². The fraction of sp³-hybridized carbons (Fsp3) is 0.357. The molecule has 2 heteroatoms. The summed E-state index contributed by atoms with van der Waals surface area (Å²) >= 11 is 0. The van der Waals surface area contributed by atoms with E-state index in [9.17, 15) is 4.79 Å². The Bertz CT molecular complexity index is 372. The Labute approximate surface area is 96.6 Å². The van der Waals surface area contributed by atoms with Gasteiger partial charge in [-0.15, -0.1) is 6.58 Å². The summed E-state index contributed by atoms with van der Waals surface area (Å²) in [4.78, 5) is 13.5. The summed E-state index contributed by atoms with van der Waals surface area (Å²) in [5, 5.41) is 0. The lowest BCUT2D eigenvalue weighted by Crippen LogP contribution is -2.51. The van der Waals surface area contributed by atoms with Gasteiger partial charge >= 0.3 is 0 Å². The van der Waals surface area contributed by atoms with Gasteiger partial charge in [-0.3, -0.25) is 4.79 Å². The Balaban J connectivity index is 1.93. The molecule has 0 saturated carbocycles. The summed E-state index contributed by atoms with van der Waals surface area (Å²) in [7, 11) is 0. The van der Waals surface area contributed by atoms with Gasteiger partial charge in [0, 0.05) is 19.0 Å². The number of nitrogens with zero attached hydrogens (tertiary/aromatic N) is 1. The second-order valence-corrected chi connectivity index (χ2v) is 4.23. The van der Waals surface area contributed by atoms with E-state index in [1.807, 2.05) is 29.2 Å². The SMILES string of the molecule is C=CCCC1CC(=O)N1Cc1ccccc1. The van der Waals surface area contributed by atoms with Gasteiger partial charge in [0.25, 0.3) is 0 Å². The number of rotatable bonds is 5. The predicted octanol–water partition coefficient (Wildman–Crippen LogP) is 2.75. The second-order valence-electron chi connectivity index (χ2n) is 4.23. The fourth-order valence-electron chi connectivity index (χ4n) is 2.09. The van der Waals surface area contributed by atoms with Crippen LogP contribution in [0.5, 0.6) is 0 Å². The van der Waals surface area contributed by atoms with Crippen LogP contribution in [0.25, 0.3) is 0 Å². The number of carbonyl (C=O) groups is 1. The van der Waals surface area contributed by atoms with Crippen LogP contribution >= 0.6 is 0 Å². The van der Waals surface area contributed by atoms with E-state index in [4.69, 9.17) is 0 Å². The molecule has 0 radical (unpaired) electrons. The van der Waals surface area contributed by atoms with E-state index in [1.165, 1.54) is 5.56 Å². The number of benzene rings is 1. The van der Waals surface area contributed by atoms with Crippen molar-refractivity contribution in [1.82, 2.24) is 4.90 Å². The first kappa shape index (κ1) is 10.9. The van der Waals surface area contributed by atoms with Crippen LogP contribution in [0.15, 0.2) is 43.0 Å². The average Bonchev–Trinajstić information content (AvgIpc) is 2.33. The van der Waals surface area contributed by atoms with Crippen molar-refractivity contribution in [3.63, 3.8) is 0 Å². The number of hydrogen-bond acceptors (Lipinski definition) is 1. The van der Waals surface area contributed by atoms with E-state index in [0.717, 1.165) is 19.4 Å². The molecule has 1 saturated heterocycles. The molecule has 0 spiro atoms. The summed E-state index contributed by atoms with van der Waals surface area (Å²) in [6, 6.07) is 10.6. The lowest BCUT2D eigenvalue weighted by atomic mass is 9.96. The zero-order valence-corrected chi connectivity index (χ0v) is 9.43. The molecule has 16 heavy (non-hydrogen) atoms. The largest absolute Gasteiger partial charge is 0.335 e. The Kier molecular flexibility index (Phi) is 3.40. The molecule has 0 bridgehead atoms. The maximum absolute atomic E-state index is 11.5. The molecule has 1 aromatic carbocycles. The van der Waals surface area contributed by atoms with Gasteiger partial charge in [0.1, 0.15) is 0 Å². The number of carbonyl (C=O) groups excluding carboxylic acids is 1. The monoisotopic (exact) mass is 215 g/mol. The van der Waals surface area contributed by atoms with Crippen molar-refractivity contribution in [3.05, 3.63) is 48.6 Å². The zero-order chi connectivity index (χ0) is 11.4. The van der Waals surface area contributed by atoms with Gasteiger partial charge in [-0.2, -0.15) is 0 Å². The fourth-order valence-corrected chi connectivity index (χ4v) is 2.09. The third-order valence-corrected chi connectivity index (χ3v) is 3.07. The Morgan fingerprint density at radius 2 is 2.12 bits per heavy atom. The number of hydrogen-bond donors (Lipinski definition) is 0. The van der Waals surface area contributed by atoms with Gasteiger partial charge in [0.05, 0.1) is 0 Å². The summed E-state index contributed by atoms with van der Waals surface area (Å²) in [6.07, 6.45) is 4.66. The minimum absolute atomic E-state index is 0.276. The van der Waals surface area contributed by atoms with Crippen molar-refractivity contribution >= 4 is 5.91 Å². The molecule has 1 unspecified atom stereocenters. The van der Waals surface area contributed by atoms with Crippen molar-refractivity contribution in [1.29, 1.82) is 0 Å². The first-order valence-corrected chi connectivity index (χ1v) is 5.75. The van der Waals surface area contributed by atoms with Gasteiger partial charge in [0.2, 0.25) is 5.91 Å². The first-order valence-electron chi connectivity index (χ1n) is 5.75. The highest BCUT2D eigenvalue weighted by Crippen LogP contribution is 2.25. The maximum atomic E-state index is 11.5. The van der Waals surface area contributed by atoms with E-state index in [-0.39, 0.29) is 5.91 Å². The quantitative estimate of drug-likeness (QED) is 0.546. The zero-order valence-electron chi connectivity index (χ0n) is 9.43. The minimum Gasteiger partial charge on any atom is -0.335 e. The molecule has 1 aliphatic rings. The summed E-state index contributed by atoms with van der Waals surface area (Å²) in [5.74, 6) is 0.276. The van der Waals surface area contributed by atoms with E-state index in [2.05, 4.69) is 18.7 Å². The van der Waals surface area contributed by atoms with Gasteiger partial charge in [-0.05, 0) is 18.4 Å². The summed E-state index contributed by atoms with van der Waals surface area (Å²) < 4.78 is 0. The molecule has 84 valence electrons. The number of allylic oxidation sites excluding steroid dienone is 1. The Morgan fingerprint density at radius 3 is 2.75 bits per heavy atom. The van der Waals surface area contributed by atoms with Crippen molar-refractivity contribution in [2.45, 2.75) is 31.8 Å². The predicted molar refractivity (Wildman–Crippen MR) is 64.8 cm³/mol. The first-order chi connectivity index (χ1) is 7.81. The number of likely N-dealkylation sites (tertiary alicyclic amines) is 1. The van der Waals surface area contributed by atoms with Crippen molar-refractivity contribution in [2.75, 3.05) is 0 Å². The molecule has 1 amide bonds. The smallest absolute Gasteiger partial charge is 0.225 e. The molecule has 1 fully saturated rings. The lowest BCUT2D eigenvalue weighted by molar-refractivity contribution is -0.147. The highest BCUT2D eigenvalue weighted by molar-refractivity contribution is 5.83. The molecular weight excluding hydrogens is 198 g/mol. The van der Waals surface area contributed by atoms with Crippen molar-refractivity contribution in [3.8, 4) is 0 Å². The molecule has 0 N–H and O–H groups in total. The molecule has 1 aliphatic heterocycles. The van der Waals surface area contributed by atoms with Crippen LogP contribution in [0.3, 0.4) is 0 Å². The molecule has 0 aromatic heterocycles. The third kappa shape index (κ3) is 2.32. The minimum atomic E-state index is 0.276. The van der Waals surface area contributed by atoms with Crippen molar-refractivity contribution in [2.24, 2.45) is 0 Å². The Morgan fingerprint density at radius 1 is 1.38 bits per heavy atom. The van der Waals surface area contributed by atoms with E-state index < -0.39 is 0 Å². The standard InChI is InChI=1S/C14H17NO/c1-2-3-9-13-10-14(16)15(13)11-12-7-5-4-6-8-12/h2,4-8,13H,1,3,9-11H2. The molecule has 2 nitrogen and oxygen atoms in total. The number of β-lactam (4-membered cyclic amide) rings is 1. The second kappa shape index (κ2) is 4.97. The van der Waals surface area contributed by atoms with Crippen LogP contribution < -0.4 is 0 Å². The topological polar surface area (TPSA) is 20.3 Å². The molecule has 2 rings (SSSR count). The highest BCUT2D eigenvalue weighted by Gasteiger charge is 2.34. The van der Waals surface area contributed by atoms with E-state index in [0.29, 0.717) is 12.5 Å². The van der Waals surface area contributed by atoms with Gasteiger partial charge in [-0.1, -0.05) is 36.4 Å². The number of amides is 1. The van der Waals surface area contributed by atoms with Crippen LogP contribution in [0.2, 0.25) is 0 Å². The maximum Gasteiger partial charge on any atom is 0.225 e. The normalized spacial score (nSPS) is 19.4. The lowest BCUT2D eigenvalue weighted by Gasteiger charge is -2.40. The highest BCUT2D eigenvalue weighted by atomic mass is 16.2. The molecule has 0 aliphatic carbocycles. The summed E-state index contributed by atoms with van der Waals surface area (Å²) in [6.45, 7) is 4.47. The van der Waals surface area contributed by atoms with E-state index in [1.54, 1.807) is 0 Å². The average molecular weight is 215 g/mol. The molecular formula is C14H17NO. The molecule has 1 aromatic rings. The van der Waals surface area contributed by atoms with Gasteiger partial charge in [0.15, 0.2) is 0 Å². The van der Waals surface area contributed by atoms with Gasteiger partial charge in [-0.25, -0.2) is 0 Å². The van der Waals surface area contributed by atoms with E-state index >= 15 is 0 Å². The third-order valence-electron chi connectivity index (χ3n) is 3.07. The Hall–Kier alpha value is -1.57. The van der Waals surface area contributed by atoms with Gasteiger partial charge < -0.3 is 4.90 Å².